The van der Waals surface area contributed by atoms with Gasteiger partial charge in [-0.05, 0) is 33.2 Å². The molecule has 1 aromatic heterocycles. The summed E-state index contributed by atoms with van der Waals surface area (Å²) in [5.41, 5.74) is 3.15. The third-order valence-electron chi connectivity index (χ3n) is 3.62. The molecule has 1 aliphatic heterocycles. The van der Waals surface area contributed by atoms with Gasteiger partial charge in [-0.3, -0.25) is 9.88 Å². The van der Waals surface area contributed by atoms with Crippen LogP contribution in [-0.2, 0) is 6.54 Å². The third-order valence-corrected chi connectivity index (χ3v) is 3.62. The van der Waals surface area contributed by atoms with E-state index in [9.17, 15) is 0 Å². The molecule has 2 rings (SSSR count). The van der Waals surface area contributed by atoms with Crippen molar-refractivity contribution >= 4 is 0 Å². The largest absolute Gasteiger partial charge is 0.496 e. The monoisotopic (exact) mass is 245 g/mol. The van der Waals surface area contributed by atoms with Crippen LogP contribution in [0.1, 0.15) is 29.7 Å². The average Bonchev–Trinajstić information content (AvgIpc) is 2.81. The molecule has 0 bridgehead atoms. The highest BCUT2D eigenvalue weighted by atomic mass is 16.5. The first-order chi connectivity index (χ1) is 8.67. The Kier molecular flexibility index (Phi) is 3.83. The quantitative estimate of drug-likeness (QED) is 0.819. The molecule has 0 radical (unpaired) electrons. The van der Waals surface area contributed by atoms with Crippen LogP contribution in [0.15, 0.2) is 6.20 Å². The SMILES string of the molecule is COc1c(C)cnc(CN2CCCC2C#N)c1C. The molecule has 1 fully saturated rings. The highest BCUT2D eigenvalue weighted by Crippen LogP contribution is 2.26. The number of aromatic nitrogens is 1. The maximum atomic E-state index is 9.09. The molecule has 0 aliphatic carbocycles. The first-order valence-corrected chi connectivity index (χ1v) is 6.30. The van der Waals surface area contributed by atoms with Crippen molar-refractivity contribution in [1.29, 1.82) is 5.26 Å². The average molecular weight is 245 g/mol. The minimum absolute atomic E-state index is 0.0403. The van der Waals surface area contributed by atoms with Gasteiger partial charge >= 0.3 is 0 Å². The molecular weight excluding hydrogens is 226 g/mol. The molecule has 18 heavy (non-hydrogen) atoms. The van der Waals surface area contributed by atoms with Gasteiger partial charge in [-0.25, -0.2) is 0 Å². The molecule has 0 saturated carbocycles. The van der Waals surface area contributed by atoms with Crippen LogP contribution in [0.2, 0.25) is 0 Å². The number of hydrogen-bond acceptors (Lipinski definition) is 4. The molecule has 2 heterocycles. The van der Waals surface area contributed by atoms with Crippen molar-refractivity contribution < 1.29 is 4.74 Å². The first kappa shape index (κ1) is 12.8. The predicted octanol–water partition coefficient (Wildman–Crippen LogP) is 2.20. The van der Waals surface area contributed by atoms with E-state index in [4.69, 9.17) is 10.00 Å². The lowest BCUT2D eigenvalue weighted by Gasteiger charge is -2.20. The van der Waals surface area contributed by atoms with E-state index in [2.05, 4.69) is 16.0 Å². The zero-order chi connectivity index (χ0) is 13.1. The van der Waals surface area contributed by atoms with Crippen molar-refractivity contribution in [2.24, 2.45) is 0 Å². The van der Waals surface area contributed by atoms with Crippen molar-refractivity contribution in [3.8, 4) is 11.8 Å². The van der Waals surface area contributed by atoms with Crippen LogP contribution in [0, 0.1) is 25.2 Å². The van der Waals surface area contributed by atoms with Gasteiger partial charge in [-0.2, -0.15) is 5.26 Å². The number of aryl methyl sites for hydroxylation is 1. The lowest BCUT2D eigenvalue weighted by Crippen LogP contribution is -2.28. The number of nitriles is 1. The zero-order valence-electron chi connectivity index (χ0n) is 11.2. The van der Waals surface area contributed by atoms with Gasteiger partial charge in [0, 0.05) is 23.9 Å². The first-order valence-electron chi connectivity index (χ1n) is 6.30. The van der Waals surface area contributed by atoms with Crippen LogP contribution >= 0.6 is 0 Å². The maximum Gasteiger partial charge on any atom is 0.128 e. The Hall–Kier alpha value is -1.60. The molecule has 0 aromatic carbocycles. The van der Waals surface area contributed by atoms with Crippen molar-refractivity contribution in [1.82, 2.24) is 9.88 Å². The summed E-state index contributed by atoms with van der Waals surface area (Å²) >= 11 is 0. The molecule has 1 unspecified atom stereocenters. The van der Waals surface area contributed by atoms with Gasteiger partial charge < -0.3 is 4.74 Å². The molecule has 1 atom stereocenters. The molecule has 1 saturated heterocycles. The van der Waals surface area contributed by atoms with E-state index < -0.39 is 0 Å². The topological polar surface area (TPSA) is 49.1 Å². The Labute approximate surface area is 108 Å². The summed E-state index contributed by atoms with van der Waals surface area (Å²) in [7, 11) is 1.69. The lowest BCUT2D eigenvalue weighted by molar-refractivity contribution is 0.281. The van der Waals surface area contributed by atoms with E-state index >= 15 is 0 Å². The van der Waals surface area contributed by atoms with Crippen LogP contribution < -0.4 is 4.74 Å². The summed E-state index contributed by atoms with van der Waals surface area (Å²) in [6, 6.07) is 2.40. The number of hydrogen-bond donors (Lipinski definition) is 0. The molecule has 0 amide bonds. The van der Waals surface area contributed by atoms with Crippen LogP contribution in [0.5, 0.6) is 5.75 Å². The van der Waals surface area contributed by atoms with Gasteiger partial charge in [0.15, 0.2) is 0 Å². The summed E-state index contributed by atoms with van der Waals surface area (Å²) in [5, 5.41) is 9.09. The van der Waals surface area contributed by atoms with E-state index in [0.717, 1.165) is 48.5 Å². The zero-order valence-corrected chi connectivity index (χ0v) is 11.2. The van der Waals surface area contributed by atoms with Crippen LogP contribution in [0.3, 0.4) is 0 Å². The number of pyridine rings is 1. The van der Waals surface area contributed by atoms with Gasteiger partial charge in [-0.1, -0.05) is 0 Å². The standard InChI is InChI=1S/C14H19N3O/c1-10-8-16-13(11(2)14(10)18-3)9-17-6-4-5-12(17)7-15/h8,12H,4-6,9H2,1-3H3. The molecule has 1 aliphatic rings. The number of nitrogens with zero attached hydrogens (tertiary/aromatic N) is 3. The Balaban J connectivity index is 2.22. The van der Waals surface area contributed by atoms with Crippen LogP contribution in [0.25, 0.3) is 0 Å². The molecule has 4 nitrogen and oxygen atoms in total. The maximum absolute atomic E-state index is 9.09. The fourth-order valence-electron chi connectivity index (χ4n) is 2.58. The van der Waals surface area contributed by atoms with Gasteiger partial charge in [-0.15, -0.1) is 0 Å². The lowest BCUT2D eigenvalue weighted by atomic mass is 10.1. The molecule has 96 valence electrons. The number of ether oxygens (including phenoxy) is 1. The normalized spacial score (nSPS) is 19.8. The molecule has 4 heteroatoms. The van der Waals surface area contributed by atoms with E-state index in [1.54, 1.807) is 7.11 Å². The number of rotatable bonds is 3. The minimum atomic E-state index is 0.0403. The second kappa shape index (κ2) is 5.36. The van der Waals surface area contributed by atoms with Gasteiger partial charge in [0.25, 0.3) is 0 Å². The summed E-state index contributed by atoms with van der Waals surface area (Å²) in [6.07, 6.45) is 3.91. The summed E-state index contributed by atoms with van der Waals surface area (Å²) in [6.45, 7) is 5.75. The van der Waals surface area contributed by atoms with Crippen molar-refractivity contribution in [3.05, 3.63) is 23.0 Å². The highest BCUT2D eigenvalue weighted by Gasteiger charge is 2.25. The Morgan fingerprint density at radius 2 is 2.33 bits per heavy atom. The van der Waals surface area contributed by atoms with Crippen LogP contribution in [0.4, 0.5) is 0 Å². The Morgan fingerprint density at radius 1 is 1.56 bits per heavy atom. The van der Waals surface area contributed by atoms with E-state index in [1.807, 2.05) is 20.0 Å². The van der Waals surface area contributed by atoms with E-state index in [-0.39, 0.29) is 6.04 Å². The molecule has 0 spiro atoms. The van der Waals surface area contributed by atoms with Gasteiger partial charge in [0.1, 0.15) is 5.75 Å². The second-order valence-corrected chi connectivity index (χ2v) is 4.80. The fraction of sp³-hybridized carbons (Fsp3) is 0.571. The van der Waals surface area contributed by atoms with E-state index in [1.165, 1.54) is 0 Å². The smallest absolute Gasteiger partial charge is 0.128 e. The fourth-order valence-corrected chi connectivity index (χ4v) is 2.58. The van der Waals surface area contributed by atoms with Crippen LogP contribution in [-0.4, -0.2) is 29.6 Å². The number of likely N-dealkylation sites (tertiary alicyclic amines) is 1. The molecule has 0 N–H and O–H groups in total. The highest BCUT2D eigenvalue weighted by molar-refractivity contribution is 5.41. The van der Waals surface area contributed by atoms with Crippen molar-refractivity contribution in [2.75, 3.05) is 13.7 Å². The Morgan fingerprint density at radius 3 is 3.00 bits per heavy atom. The molecule has 1 aromatic rings. The summed E-state index contributed by atoms with van der Waals surface area (Å²) < 4.78 is 5.41. The van der Waals surface area contributed by atoms with Crippen molar-refractivity contribution in [3.63, 3.8) is 0 Å². The Bertz CT molecular complexity index is 479. The molecular formula is C14H19N3O. The summed E-state index contributed by atoms with van der Waals surface area (Å²) in [5.74, 6) is 0.910. The predicted molar refractivity (Wildman–Crippen MR) is 69.3 cm³/mol. The second-order valence-electron chi connectivity index (χ2n) is 4.80. The minimum Gasteiger partial charge on any atom is -0.496 e. The van der Waals surface area contributed by atoms with E-state index in [0.29, 0.717) is 0 Å². The number of methoxy groups -OCH3 is 1. The third kappa shape index (κ3) is 2.32. The van der Waals surface area contributed by atoms with Gasteiger partial charge in [0.2, 0.25) is 0 Å². The van der Waals surface area contributed by atoms with Gasteiger partial charge in [0.05, 0.1) is 24.9 Å². The summed E-state index contributed by atoms with van der Waals surface area (Å²) in [4.78, 5) is 6.69. The van der Waals surface area contributed by atoms with Crippen molar-refractivity contribution in [2.45, 2.75) is 39.3 Å².